The van der Waals surface area contributed by atoms with Crippen LogP contribution in [-0.4, -0.2) is 44.2 Å². The van der Waals surface area contributed by atoms with Crippen molar-refractivity contribution in [2.75, 3.05) is 29.9 Å². The number of urea groups is 1. The number of thiazole rings is 1. The number of carbonyl (C=O) groups is 1. The van der Waals surface area contributed by atoms with Crippen LogP contribution in [0.25, 0.3) is 11.3 Å². The summed E-state index contributed by atoms with van der Waals surface area (Å²) in [5, 5.41) is 3.22. The van der Waals surface area contributed by atoms with E-state index in [-0.39, 0.29) is 11.9 Å². The highest BCUT2D eigenvalue weighted by molar-refractivity contribution is 7.92. The lowest BCUT2D eigenvalue weighted by Gasteiger charge is -2.22. The third kappa shape index (κ3) is 7.31. The molecule has 0 saturated carbocycles. The number of benzene rings is 3. The highest BCUT2D eigenvalue weighted by atomic mass is 35.5. The van der Waals surface area contributed by atoms with E-state index in [1.54, 1.807) is 36.2 Å². The molecule has 1 heterocycles. The molecule has 0 fully saturated rings. The summed E-state index contributed by atoms with van der Waals surface area (Å²) in [4.78, 5) is 19.0. The molecule has 0 radical (unpaired) electrons. The first-order chi connectivity index (χ1) is 17.7. The number of sulfonamides is 1. The zero-order valence-electron chi connectivity index (χ0n) is 20.4. The largest absolute Gasteiger partial charge is 0.328 e. The Kier molecular flexibility index (Phi) is 8.48. The minimum absolute atomic E-state index is 0.165. The third-order valence-electron chi connectivity index (χ3n) is 5.77. The average molecular weight is 555 g/mol. The van der Waals surface area contributed by atoms with E-state index in [9.17, 15) is 13.2 Å². The number of amides is 2. The SMILES string of the molecule is CN(CCC(c1ccccc1)c1ccccc1)C(=O)Nc1nc(-c2ccc(NS(C)(=O)=O)cc2)c(Cl)s1. The molecule has 37 heavy (non-hydrogen) atoms. The van der Waals surface area contributed by atoms with Gasteiger partial charge in [0.15, 0.2) is 5.13 Å². The first kappa shape index (κ1) is 26.7. The summed E-state index contributed by atoms with van der Waals surface area (Å²) in [6.07, 6.45) is 1.85. The van der Waals surface area contributed by atoms with Crippen LogP contribution in [0.2, 0.25) is 4.34 Å². The smallest absolute Gasteiger partial charge is 0.323 e. The van der Waals surface area contributed by atoms with Crippen LogP contribution in [-0.2, 0) is 10.0 Å². The van der Waals surface area contributed by atoms with Gasteiger partial charge in [0.05, 0.1) is 6.26 Å². The van der Waals surface area contributed by atoms with E-state index in [0.717, 1.165) is 12.7 Å². The van der Waals surface area contributed by atoms with E-state index >= 15 is 0 Å². The number of nitrogens with zero attached hydrogens (tertiary/aromatic N) is 2. The van der Waals surface area contributed by atoms with Crippen molar-refractivity contribution >= 4 is 49.8 Å². The second-order valence-electron chi connectivity index (χ2n) is 8.61. The molecule has 0 atom stereocenters. The molecule has 192 valence electrons. The summed E-state index contributed by atoms with van der Waals surface area (Å²) in [7, 11) is -1.61. The van der Waals surface area contributed by atoms with Crippen LogP contribution in [0.5, 0.6) is 0 Å². The Morgan fingerprint density at radius 3 is 2.08 bits per heavy atom. The van der Waals surface area contributed by atoms with Gasteiger partial charge in [-0.05, 0) is 29.7 Å². The van der Waals surface area contributed by atoms with Crippen molar-refractivity contribution in [1.29, 1.82) is 0 Å². The highest BCUT2D eigenvalue weighted by Crippen LogP contribution is 2.36. The average Bonchev–Trinajstić information content (AvgIpc) is 3.24. The molecule has 4 aromatic rings. The second kappa shape index (κ2) is 11.8. The van der Waals surface area contributed by atoms with E-state index in [4.69, 9.17) is 11.6 Å². The van der Waals surface area contributed by atoms with Gasteiger partial charge < -0.3 is 4.90 Å². The Labute approximate surface area is 226 Å². The molecule has 0 aliphatic carbocycles. The first-order valence-corrected chi connectivity index (χ1v) is 14.6. The Bertz CT molecular complexity index is 1400. The summed E-state index contributed by atoms with van der Waals surface area (Å²) in [6, 6.07) is 27.0. The number of carbonyl (C=O) groups excluding carboxylic acids is 1. The maximum Gasteiger partial charge on any atom is 0.323 e. The minimum atomic E-state index is -3.36. The molecule has 0 spiro atoms. The molecule has 0 aliphatic heterocycles. The van der Waals surface area contributed by atoms with Gasteiger partial charge in [-0.15, -0.1) is 0 Å². The lowest BCUT2D eigenvalue weighted by molar-refractivity contribution is 0.221. The van der Waals surface area contributed by atoms with Crippen LogP contribution in [0.4, 0.5) is 15.6 Å². The topological polar surface area (TPSA) is 91.4 Å². The van der Waals surface area contributed by atoms with Gasteiger partial charge in [-0.25, -0.2) is 18.2 Å². The number of hydrogen-bond donors (Lipinski definition) is 2. The maximum absolute atomic E-state index is 12.9. The zero-order valence-corrected chi connectivity index (χ0v) is 22.8. The van der Waals surface area contributed by atoms with Crippen LogP contribution in [0.3, 0.4) is 0 Å². The molecule has 1 aromatic heterocycles. The predicted molar refractivity (Wildman–Crippen MR) is 152 cm³/mol. The normalized spacial score (nSPS) is 11.4. The van der Waals surface area contributed by atoms with Gasteiger partial charge >= 0.3 is 6.03 Å². The maximum atomic E-state index is 12.9. The Morgan fingerprint density at radius 1 is 0.973 bits per heavy atom. The molecule has 0 unspecified atom stereocenters. The van der Waals surface area contributed by atoms with E-state index in [2.05, 4.69) is 39.3 Å². The van der Waals surface area contributed by atoms with Crippen molar-refractivity contribution in [3.05, 3.63) is 100 Å². The summed E-state index contributed by atoms with van der Waals surface area (Å²) in [6.45, 7) is 0.543. The summed E-state index contributed by atoms with van der Waals surface area (Å²) in [5.41, 5.74) is 4.08. The van der Waals surface area contributed by atoms with Crippen molar-refractivity contribution < 1.29 is 13.2 Å². The van der Waals surface area contributed by atoms with Gasteiger partial charge in [0.25, 0.3) is 0 Å². The number of halogens is 1. The lowest BCUT2D eigenvalue weighted by Crippen LogP contribution is -2.32. The zero-order chi connectivity index (χ0) is 26.4. The van der Waals surface area contributed by atoms with Crippen molar-refractivity contribution in [3.63, 3.8) is 0 Å². The van der Waals surface area contributed by atoms with Gasteiger partial charge in [-0.3, -0.25) is 10.0 Å². The Morgan fingerprint density at radius 2 is 1.54 bits per heavy atom. The van der Waals surface area contributed by atoms with Crippen LogP contribution >= 0.6 is 22.9 Å². The number of nitrogens with one attached hydrogen (secondary N) is 2. The Hall–Kier alpha value is -3.40. The van der Waals surface area contributed by atoms with Crippen molar-refractivity contribution in [1.82, 2.24) is 9.88 Å². The molecule has 3 aromatic carbocycles. The molecule has 2 amide bonds. The van der Waals surface area contributed by atoms with Crippen LogP contribution in [0.15, 0.2) is 84.9 Å². The molecule has 4 rings (SSSR count). The molecule has 0 saturated heterocycles. The summed E-state index contributed by atoms with van der Waals surface area (Å²) < 4.78 is 25.7. The van der Waals surface area contributed by atoms with E-state index in [1.807, 2.05) is 36.4 Å². The molecular weight excluding hydrogens is 528 g/mol. The van der Waals surface area contributed by atoms with Crippen LogP contribution in [0.1, 0.15) is 23.5 Å². The van der Waals surface area contributed by atoms with Gasteiger partial charge in [0.2, 0.25) is 10.0 Å². The van der Waals surface area contributed by atoms with Crippen LogP contribution < -0.4 is 10.0 Å². The fourth-order valence-corrected chi connectivity index (χ4v) is 5.59. The van der Waals surface area contributed by atoms with Crippen LogP contribution in [0, 0.1) is 0 Å². The van der Waals surface area contributed by atoms with Gasteiger partial charge in [0, 0.05) is 30.8 Å². The quantitative estimate of drug-likeness (QED) is 0.246. The molecule has 7 nitrogen and oxygen atoms in total. The molecule has 0 aliphatic rings. The number of anilines is 2. The van der Waals surface area contributed by atoms with Crippen molar-refractivity contribution in [2.45, 2.75) is 12.3 Å². The second-order valence-corrected chi connectivity index (χ2v) is 12.0. The molecule has 10 heteroatoms. The van der Waals surface area contributed by atoms with Gasteiger partial charge in [0.1, 0.15) is 10.0 Å². The number of hydrogen-bond acceptors (Lipinski definition) is 5. The monoisotopic (exact) mass is 554 g/mol. The predicted octanol–water partition coefficient (Wildman–Crippen LogP) is 6.52. The molecule has 0 bridgehead atoms. The molecule has 2 N–H and O–H groups in total. The number of aromatic nitrogens is 1. The fourth-order valence-electron chi connectivity index (χ4n) is 3.95. The third-order valence-corrected chi connectivity index (χ3v) is 7.54. The number of rotatable bonds is 9. The molecular formula is C27H27ClN4O3S2. The van der Waals surface area contributed by atoms with E-state index < -0.39 is 10.0 Å². The highest BCUT2D eigenvalue weighted by Gasteiger charge is 2.19. The standard InChI is InChI=1S/C27H27ClN4O3S2/c1-32(18-17-23(19-9-5-3-6-10-19)20-11-7-4-8-12-20)27(33)30-26-29-24(25(28)36-26)21-13-15-22(16-14-21)31-37(2,34)35/h3-16,23,31H,17-18H2,1-2H3,(H,29,30,33). The summed E-state index contributed by atoms with van der Waals surface area (Å²) in [5.74, 6) is 0.165. The first-order valence-electron chi connectivity index (χ1n) is 11.6. The Balaban J connectivity index is 1.41. The fraction of sp³-hybridized carbons (Fsp3) is 0.185. The summed E-state index contributed by atoms with van der Waals surface area (Å²) >= 11 is 7.58. The van der Waals surface area contributed by atoms with Crippen molar-refractivity contribution in [2.24, 2.45) is 0 Å². The minimum Gasteiger partial charge on any atom is -0.328 e. The van der Waals surface area contributed by atoms with Crippen molar-refractivity contribution in [3.8, 4) is 11.3 Å². The van der Waals surface area contributed by atoms with Gasteiger partial charge in [-0.1, -0.05) is 95.7 Å². The van der Waals surface area contributed by atoms with E-state index in [0.29, 0.717) is 33.0 Å². The van der Waals surface area contributed by atoms with E-state index in [1.165, 1.54) is 22.5 Å². The lowest BCUT2D eigenvalue weighted by atomic mass is 9.88. The van der Waals surface area contributed by atoms with Gasteiger partial charge in [-0.2, -0.15) is 0 Å².